The van der Waals surface area contributed by atoms with E-state index in [4.69, 9.17) is 5.73 Å². The molecule has 1 aliphatic rings. The number of carbonyl (C=O) groups is 1. The number of rotatable bonds is 5. The van der Waals surface area contributed by atoms with Crippen LogP contribution in [0.3, 0.4) is 0 Å². The number of amides is 1. The Hall–Kier alpha value is 0.442. The van der Waals surface area contributed by atoms with E-state index in [2.05, 4.69) is 17.1 Å². The number of primary amides is 1. The van der Waals surface area contributed by atoms with Crippen LogP contribution in [0.4, 0.5) is 0 Å². The van der Waals surface area contributed by atoms with Crippen molar-refractivity contribution in [3.05, 3.63) is 6.92 Å². The molecule has 1 fully saturated rings. The van der Waals surface area contributed by atoms with Crippen molar-refractivity contribution >= 4 is 5.91 Å². The Labute approximate surface area is 129 Å². The van der Waals surface area contributed by atoms with E-state index in [9.17, 15) is 4.79 Å². The smallest absolute Gasteiger partial charge is 0.234 e. The molecule has 0 aromatic rings. The van der Waals surface area contributed by atoms with Gasteiger partial charge in [-0.25, -0.2) is 0 Å². The molecule has 1 heterocycles. The SMILES string of the molecule is CC.[CH2-]CN(C)CCC1CCC(C(N)=O)N1.[U]. The third kappa shape index (κ3) is 8.21. The molecule has 0 bridgehead atoms. The monoisotopic (exact) mass is 466 g/mol. The van der Waals surface area contributed by atoms with Gasteiger partial charge in [-0.3, -0.25) is 4.79 Å². The molecule has 1 aliphatic heterocycles. The number of hydrogen-bond donors (Lipinski definition) is 2. The predicted octanol–water partition coefficient (Wildman–Crippen LogP) is 0.774. The second kappa shape index (κ2) is 11.5. The van der Waals surface area contributed by atoms with E-state index < -0.39 is 0 Å². The van der Waals surface area contributed by atoms with Gasteiger partial charge in [-0.1, -0.05) is 13.8 Å². The van der Waals surface area contributed by atoms with Crippen LogP contribution >= 0.6 is 0 Å². The first kappa shape index (κ1) is 19.8. The normalized spacial score (nSPS) is 22.6. The van der Waals surface area contributed by atoms with Crippen molar-refractivity contribution in [2.75, 3.05) is 20.1 Å². The molecule has 1 amide bonds. The second-order valence-corrected chi connectivity index (χ2v) is 3.99. The fourth-order valence-electron chi connectivity index (χ4n) is 1.76. The van der Waals surface area contributed by atoms with Crippen LogP contribution in [0.15, 0.2) is 0 Å². The van der Waals surface area contributed by atoms with Gasteiger partial charge in [0.2, 0.25) is 5.91 Å². The summed E-state index contributed by atoms with van der Waals surface area (Å²) in [6, 6.07) is 0.339. The van der Waals surface area contributed by atoms with Gasteiger partial charge in [0.05, 0.1) is 6.04 Å². The van der Waals surface area contributed by atoms with Crippen LogP contribution < -0.4 is 11.1 Å². The van der Waals surface area contributed by atoms with Crippen molar-refractivity contribution in [3.8, 4) is 0 Å². The predicted molar refractivity (Wildman–Crippen MR) is 68.0 cm³/mol. The van der Waals surface area contributed by atoms with Gasteiger partial charge in [0.15, 0.2) is 0 Å². The first-order chi connectivity index (χ1) is 7.63. The Kier molecular flexibility index (Phi) is 13.4. The number of hydrogen-bond acceptors (Lipinski definition) is 3. The zero-order valence-electron chi connectivity index (χ0n) is 11.3. The zero-order valence-corrected chi connectivity index (χ0v) is 15.5. The molecule has 3 N–H and O–H groups in total. The summed E-state index contributed by atoms with van der Waals surface area (Å²) in [6.45, 7) is 9.65. The van der Waals surface area contributed by atoms with Gasteiger partial charge >= 0.3 is 0 Å². The molecule has 1 rings (SSSR count). The average Bonchev–Trinajstić information content (AvgIpc) is 2.77. The van der Waals surface area contributed by atoms with E-state index in [0.29, 0.717) is 6.04 Å². The van der Waals surface area contributed by atoms with Crippen molar-refractivity contribution in [1.29, 1.82) is 0 Å². The summed E-state index contributed by atoms with van der Waals surface area (Å²) in [4.78, 5) is 13.0. The summed E-state index contributed by atoms with van der Waals surface area (Å²) < 4.78 is 0. The van der Waals surface area contributed by atoms with Crippen LogP contribution in [-0.2, 0) is 4.79 Å². The molecule has 0 saturated carbocycles. The maximum Gasteiger partial charge on any atom is 0.234 e. The largest absolute Gasteiger partial charge is 0.368 e. The van der Waals surface area contributed by atoms with Crippen LogP contribution in [-0.4, -0.2) is 43.0 Å². The Morgan fingerprint density at radius 2 is 2.06 bits per heavy atom. The molecule has 0 aromatic heterocycles. The van der Waals surface area contributed by atoms with Crippen LogP contribution in [0, 0.1) is 38.0 Å². The molecular weight excluding hydrogens is 440 g/mol. The molecule has 0 radical (unpaired) electrons. The van der Waals surface area contributed by atoms with Crippen LogP contribution in [0.2, 0.25) is 0 Å². The summed E-state index contributed by atoms with van der Waals surface area (Å²) in [5.74, 6) is -0.224. The van der Waals surface area contributed by atoms with E-state index >= 15 is 0 Å². The Morgan fingerprint density at radius 3 is 2.47 bits per heavy atom. The van der Waals surface area contributed by atoms with Gasteiger partial charge < -0.3 is 22.9 Å². The summed E-state index contributed by atoms with van der Waals surface area (Å²) >= 11 is 0. The van der Waals surface area contributed by atoms with Crippen molar-refractivity contribution in [3.63, 3.8) is 0 Å². The van der Waals surface area contributed by atoms with E-state index in [1.165, 1.54) is 0 Å². The van der Waals surface area contributed by atoms with Crippen molar-refractivity contribution < 1.29 is 35.9 Å². The van der Waals surface area contributed by atoms with Gasteiger partial charge in [-0.2, -0.15) is 0 Å². The number of carbonyl (C=O) groups excluding carboxylic acids is 1. The average molecular weight is 466 g/mol. The summed E-state index contributed by atoms with van der Waals surface area (Å²) in [5.41, 5.74) is 5.22. The van der Waals surface area contributed by atoms with E-state index in [0.717, 1.165) is 32.4 Å². The quantitative estimate of drug-likeness (QED) is 0.589. The molecule has 100 valence electrons. The molecule has 1 saturated heterocycles. The summed E-state index contributed by atoms with van der Waals surface area (Å²) in [7, 11) is 2.05. The van der Waals surface area contributed by atoms with Gasteiger partial charge in [0.1, 0.15) is 0 Å². The minimum absolute atomic E-state index is 0. The van der Waals surface area contributed by atoms with Crippen molar-refractivity contribution in [2.24, 2.45) is 5.73 Å². The first-order valence-corrected chi connectivity index (χ1v) is 6.16. The standard InChI is InChI=1S/C10H20N3O.C2H6.U/c1-3-13(2)7-6-8-4-5-9(12-8)10(11)14;1-2;/h8-9,12H,1,3-7H2,2H3,(H2,11,14);1-2H3;/q-1;;. The molecular formula is C12H26N3OU-. The van der Waals surface area contributed by atoms with E-state index in [-0.39, 0.29) is 43.1 Å². The summed E-state index contributed by atoms with van der Waals surface area (Å²) in [6.07, 6.45) is 3.00. The van der Waals surface area contributed by atoms with Crippen molar-refractivity contribution in [2.45, 2.75) is 45.2 Å². The first-order valence-electron chi connectivity index (χ1n) is 6.16. The topological polar surface area (TPSA) is 58.4 Å². The Balaban J connectivity index is 0. The Bertz CT molecular complexity index is 202. The second-order valence-electron chi connectivity index (χ2n) is 3.99. The maximum absolute atomic E-state index is 10.9. The van der Waals surface area contributed by atoms with Gasteiger partial charge in [-0.15, -0.1) is 6.54 Å². The van der Waals surface area contributed by atoms with Crippen molar-refractivity contribution in [1.82, 2.24) is 10.2 Å². The Morgan fingerprint density at radius 1 is 1.47 bits per heavy atom. The minimum Gasteiger partial charge on any atom is -0.368 e. The third-order valence-corrected chi connectivity index (χ3v) is 2.83. The van der Waals surface area contributed by atoms with Crippen LogP contribution in [0.1, 0.15) is 33.1 Å². The van der Waals surface area contributed by atoms with E-state index in [1.54, 1.807) is 0 Å². The number of nitrogens with zero attached hydrogens (tertiary/aromatic N) is 1. The van der Waals surface area contributed by atoms with E-state index in [1.807, 2.05) is 20.9 Å². The minimum atomic E-state index is -0.224. The maximum atomic E-state index is 10.9. The molecule has 5 heteroatoms. The molecule has 0 spiro atoms. The van der Waals surface area contributed by atoms with Crippen LogP contribution in [0.5, 0.6) is 0 Å². The number of nitrogens with two attached hydrogens (primary N) is 1. The third-order valence-electron chi connectivity index (χ3n) is 2.83. The van der Waals surface area contributed by atoms with Gasteiger partial charge in [0.25, 0.3) is 0 Å². The molecule has 0 aromatic carbocycles. The fraction of sp³-hybridized carbons (Fsp3) is 0.833. The molecule has 2 unspecified atom stereocenters. The van der Waals surface area contributed by atoms with Gasteiger partial charge in [0, 0.05) is 37.2 Å². The van der Waals surface area contributed by atoms with Crippen LogP contribution in [0.25, 0.3) is 0 Å². The molecule has 17 heavy (non-hydrogen) atoms. The fourth-order valence-corrected chi connectivity index (χ4v) is 1.76. The van der Waals surface area contributed by atoms with Gasteiger partial charge in [-0.05, 0) is 32.9 Å². The summed E-state index contributed by atoms with van der Waals surface area (Å²) in [5, 5.41) is 3.25. The molecule has 4 nitrogen and oxygen atoms in total. The zero-order chi connectivity index (χ0) is 12.6. The number of nitrogens with one attached hydrogen (secondary N) is 1. The molecule has 0 aliphatic carbocycles. The molecule has 2 atom stereocenters.